The molecule has 4 nitrogen and oxygen atoms in total. The second kappa shape index (κ2) is 5.74. The first-order valence-corrected chi connectivity index (χ1v) is 7.09. The van der Waals surface area contributed by atoms with Crippen molar-refractivity contribution in [3.05, 3.63) is 22.6 Å². The second-order valence-corrected chi connectivity index (χ2v) is 5.96. The predicted molar refractivity (Wildman–Crippen MR) is 74.7 cm³/mol. The van der Waals surface area contributed by atoms with Gasteiger partial charge in [0.2, 0.25) is 0 Å². The van der Waals surface area contributed by atoms with Crippen molar-refractivity contribution in [1.29, 1.82) is 0 Å². The minimum Gasteiger partial charge on any atom is -0.466 e. The Labute approximate surface area is 117 Å². The van der Waals surface area contributed by atoms with Crippen molar-refractivity contribution in [2.75, 3.05) is 33.4 Å². The number of hydrogen-bond donors (Lipinski definition) is 1. The average Bonchev–Trinajstić information content (AvgIpc) is 2.78. The summed E-state index contributed by atoms with van der Waals surface area (Å²) >= 11 is 3.55. The lowest BCUT2D eigenvalue weighted by Crippen LogP contribution is -2.55. The van der Waals surface area contributed by atoms with Gasteiger partial charge >= 0.3 is 0 Å². The van der Waals surface area contributed by atoms with Crippen LogP contribution in [0.15, 0.2) is 21.2 Å². The molecule has 0 saturated carbocycles. The lowest BCUT2D eigenvalue weighted by Gasteiger charge is -2.45. The molecule has 0 amide bonds. The Morgan fingerprint density at radius 1 is 1.39 bits per heavy atom. The summed E-state index contributed by atoms with van der Waals surface area (Å²) in [5.74, 6) is 0.953. The van der Waals surface area contributed by atoms with E-state index in [9.17, 15) is 0 Å². The second-order valence-electron chi connectivity index (χ2n) is 5.11. The summed E-state index contributed by atoms with van der Waals surface area (Å²) in [7, 11) is 1.97. The van der Waals surface area contributed by atoms with Crippen molar-refractivity contribution < 1.29 is 9.15 Å². The van der Waals surface area contributed by atoms with Gasteiger partial charge in [-0.15, -0.1) is 0 Å². The van der Waals surface area contributed by atoms with Gasteiger partial charge in [0.15, 0.2) is 0 Å². The fourth-order valence-corrected chi connectivity index (χ4v) is 3.07. The van der Waals surface area contributed by atoms with Gasteiger partial charge in [0.1, 0.15) is 5.76 Å². The van der Waals surface area contributed by atoms with E-state index in [1.165, 1.54) is 0 Å². The zero-order chi connectivity index (χ0) is 13.2. The average molecular weight is 317 g/mol. The van der Waals surface area contributed by atoms with E-state index in [1.54, 1.807) is 6.26 Å². The molecule has 1 unspecified atom stereocenters. The summed E-state index contributed by atoms with van der Waals surface area (Å²) in [6, 6.07) is 2.08. The van der Waals surface area contributed by atoms with Crippen molar-refractivity contribution >= 4 is 15.9 Å². The van der Waals surface area contributed by atoms with E-state index >= 15 is 0 Å². The Balaban J connectivity index is 2.22. The molecule has 1 N–H and O–H groups in total. The molecule has 102 valence electrons. The van der Waals surface area contributed by atoms with Gasteiger partial charge in [0.25, 0.3) is 0 Å². The number of halogens is 1. The molecular formula is C13H21BrN2O2. The first kappa shape index (κ1) is 14.1. The van der Waals surface area contributed by atoms with E-state index in [-0.39, 0.29) is 11.6 Å². The SMILES string of the molecule is CNC(c1occc1Br)C(C)(C)N1CCOCC1. The topological polar surface area (TPSA) is 37.6 Å². The molecule has 5 heteroatoms. The van der Waals surface area contributed by atoms with Crippen LogP contribution in [0.1, 0.15) is 25.6 Å². The monoisotopic (exact) mass is 316 g/mol. The van der Waals surface area contributed by atoms with Crippen LogP contribution in [0, 0.1) is 0 Å². The number of likely N-dealkylation sites (N-methyl/N-ethyl adjacent to an activating group) is 1. The third kappa shape index (κ3) is 2.64. The molecule has 1 atom stereocenters. The summed E-state index contributed by atoms with van der Waals surface area (Å²) in [5, 5.41) is 3.38. The molecular weight excluding hydrogens is 296 g/mol. The number of nitrogens with zero attached hydrogens (tertiary/aromatic N) is 1. The van der Waals surface area contributed by atoms with Crippen LogP contribution in [0.4, 0.5) is 0 Å². The van der Waals surface area contributed by atoms with Gasteiger partial charge in [-0.05, 0) is 42.9 Å². The van der Waals surface area contributed by atoms with E-state index in [0.717, 1.165) is 36.5 Å². The van der Waals surface area contributed by atoms with Crippen LogP contribution in [0.3, 0.4) is 0 Å². The van der Waals surface area contributed by atoms with E-state index < -0.39 is 0 Å². The van der Waals surface area contributed by atoms with Crippen LogP contribution >= 0.6 is 15.9 Å². The van der Waals surface area contributed by atoms with Gasteiger partial charge in [-0.25, -0.2) is 0 Å². The van der Waals surface area contributed by atoms with Crippen LogP contribution in [0.2, 0.25) is 0 Å². The Morgan fingerprint density at radius 3 is 2.56 bits per heavy atom. The normalized spacial score (nSPS) is 20.0. The first-order valence-electron chi connectivity index (χ1n) is 6.30. The predicted octanol–water partition coefficient (Wildman–Crippen LogP) is 2.41. The maximum absolute atomic E-state index is 5.63. The molecule has 0 bridgehead atoms. The standard InChI is InChI=1S/C13H21BrN2O2/c1-13(2,16-5-8-17-9-6-16)12(15-3)11-10(14)4-7-18-11/h4,7,12,15H,5-6,8-9H2,1-3H3. The maximum Gasteiger partial charge on any atom is 0.136 e. The molecule has 1 aliphatic heterocycles. The quantitative estimate of drug-likeness (QED) is 0.925. The molecule has 2 rings (SSSR count). The third-order valence-corrected chi connectivity index (χ3v) is 4.38. The zero-order valence-corrected chi connectivity index (χ0v) is 12.8. The molecule has 0 aliphatic carbocycles. The highest BCUT2D eigenvalue weighted by Gasteiger charge is 2.38. The van der Waals surface area contributed by atoms with E-state index in [4.69, 9.17) is 9.15 Å². The summed E-state index contributed by atoms with van der Waals surface area (Å²) in [6.45, 7) is 8.02. The number of morpholine rings is 1. The lowest BCUT2D eigenvalue weighted by atomic mass is 9.90. The van der Waals surface area contributed by atoms with E-state index in [2.05, 4.69) is 40.0 Å². The van der Waals surface area contributed by atoms with Crippen LogP contribution < -0.4 is 5.32 Å². The highest BCUT2D eigenvalue weighted by molar-refractivity contribution is 9.10. The number of hydrogen-bond acceptors (Lipinski definition) is 4. The highest BCUT2D eigenvalue weighted by atomic mass is 79.9. The van der Waals surface area contributed by atoms with Gasteiger partial charge in [0.05, 0.1) is 30.0 Å². The molecule has 1 aliphatic rings. The summed E-state index contributed by atoms with van der Waals surface area (Å²) in [4.78, 5) is 2.45. The van der Waals surface area contributed by atoms with Crippen molar-refractivity contribution in [3.63, 3.8) is 0 Å². The largest absolute Gasteiger partial charge is 0.466 e. The Bertz CT molecular complexity index is 386. The molecule has 18 heavy (non-hydrogen) atoms. The number of nitrogens with one attached hydrogen (secondary N) is 1. The van der Waals surface area contributed by atoms with Crippen LogP contribution in [0.5, 0.6) is 0 Å². The van der Waals surface area contributed by atoms with Crippen molar-refractivity contribution in [2.45, 2.75) is 25.4 Å². The van der Waals surface area contributed by atoms with Crippen LogP contribution in [-0.4, -0.2) is 43.8 Å². The van der Waals surface area contributed by atoms with Crippen molar-refractivity contribution in [3.8, 4) is 0 Å². The molecule has 2 heterocycles. The number of furan rings is 1. The van der Waals surface area contributed by atoms with E-state index in [0.29, 0.717) is 0 Å². The van der Waals surface area contributed by atoms with Gasteiger partial charge in [-0.2, -0.15) is 0 Å². The third-order valence-electron chi connectivity index (χ3n) is 3.73. The van der Waals surface area contributed by atoms with Gasteiger partial charge in [-0.3, -0.25) is 4.90 Å². The summed E-state index contributed by atoms with van der Waals surface area (Å²) in [5.41, 5.74) is -0.0289. The minimum atomic E-state index is -0.0289. The summed E-state index contributed by atoms with van der Waals surface area (Å²) < 4.78 is 12.1. The Morgan fingerprint density at radius 2 is 2.06 bits per heavy atom. The molecule has 1 saturated heterocycles. The van der Waals surface area contributed by atoms with Gasteiger partial charge in [0, 0.05) is 18.6 Å². The Hall–Kier alpha value is -0.360. The molecule has 1 aromatic heterocycles. The number of ether oxygens (including phenoxy) is 1. The van der Waals surface area contributed by atoms with Crippen molar-refractivity contribution in [1.82, 2.24) is 10.2 Å². The molecule has 0 radical (unpaired) electrons. The van der Waals surface area contributed by atoms with Crippen LogP contribution in [0.25, 0.3) is 0 Å². The first-order chi connectivity index (χ1) is 8.57. The molecule has 1 fully saturated rings. The van der Waals surface area contributed by atoms with Crippen molar-refractivity contribution in [2.24, 2.45) is 0 Å². The van der Waals surface area contributed by atoms with Gasteiger partial charge in [-0.1, -0.05) is 0 Å². The van der Waals surface area contributed by atoms with Crippen LogP contribution in [-0.2, 0) is 4.74 Å². The number of rotatable bonds is 4. The fourth-order valence-electron chi connectivity index (χ4n) is 2.64. The highest BCUT2D eigenvalue weighted by Crippen LogP contribution is 2.35. The molecule has 0 aromatic carbocycles. The lowest BCUT2D eigenvalue weighted by molar-refractivity contribution is -0.0255. The molecule has 0 spiro atoms. The summed E-state index contributed by atoms with van der Waals surface area (Å²) in [6.07, 6.45) is 1.72. The maximum atomic E-state index is 5.63. The minimum absolute atomic E-state index is 0.0289. The smallest absolute Gasteiger partial charge is 0.136 e. The zero-order valence-electron chi connectivity index (χ0n) is 11.2. The van der Waals surface area contributed by atoms with Gasteiger partial charge < -0.3 is 14.5 Å². The Kier molecular flexibility index (Phi) is 4.48. The fraction of sp³-hybridized carbons (Fsp3) is 0.692. The molecule has 1 aromatic rings. The van der Waals surface area contributed by atoms with E-state index in [1.807, 2.05) is 13.1 Å².